The first kappa shape index (κ1) is 7.35. The summed E-state index contributed by atoms with van der Waals surface area (Å²) in [6.07, 6.45) is 1.67. The fourth-order valence-corrected chi connectivity index (χ4v) is 1.03. The molecule has 0 fully saturated rings. The van der Waals surface area contributed by atoms with Gasteiger partial charge < -0.3 is 10.2 Å². The van der Waals surface area contributed by atoms with Gasteiger partial charge in [-0.3, -0.25) is 0 Å². The number of furan rings is 1. The van der Waals surface area contributed by atoms with E-state index in [0.717, 1.165) is 11.3 Å². The van der Waals surface area contributed by atoms with Gasteiger partial charge in [0.25, 0.3) is 0 Å². The first-order valence-corrected chi connectivity index (χ1v) is 3.35. The minimum atomic E-state index is -0.354. The average molecular weight is 139 g/mol. The number of hydrogen-bond donors (Lipinski definition) is 1. The van der Waals surface area contributed by atoms with Crippen LogP contribution in [0.25, 0.3) is 0 Å². The van der Waals surface area contributed by atoms with Crippen molar-refractivity contribution in [3.8, 4) is 0 Å². The molecule has 0 spiro atoms. The Balaban J connectivity index is 3.05. The molecule has 0 unspecified atom stereocenters. The van der Waals surface area contributed by atoms with Gasteiger partial charge >= 0.3 is 0 Å². The van der Waals surface area contributed by atoms with Gasteiger partial charge in [0.2, 0.25) is 0 Å². The minimum Gasteiger partial charge on any atom is -0.467 e. The highest BCUT2D eigenvalue weighted by Gasteiger charge is 2.19. The van der Waals surface area contributed by atoms with Crippen LogP contribution in [0.5, 0.6) is 0 Å². The van der Waals surface area contributed by atoms with Gasteiger partial charge in [-0.2, -0.15) is 0 Å². The maximum Gasteiger partial charge on any atom is 0.125 e. The second-order valence-corrected chi connectivity index (χ2v) is 3.15. The topological polar surface area (TPSA) is 39.2 Å². The highest BCUT2D eigenvalue weighted by atomic mass is 16.3. The van der Waals surface area contributed by atoms with Crippen LogP contribution in [0.1, 0.15) is 25.2 Å². The summed E-state index contributed by atoms with van der Waals surface area (Å²) in [4.78, 5) is 0. The quantitative estimate of drug-likeness (QED) is 0.644. The summed E-state index contributed by atoms with van der Waals surface area (Å²) in [7, 11) is 0. The Morgan fingerprint density at radius 1 is 1.50 bits per heavy atom. The van der Waals surface area contributed by atoms with Crippen LogP contribution in [-0.2, 0) is 5.54 Å². The van der Waals surface area contributed by atoms with Gasteiger partial charge in [0.1, 0.15) is 5.76 Å². The van der Waals surface area contributed by atoms with E-state index < -0.39 is 0 Å². The van der Waals surface area contributed by atoms with Crippen molar-refractivity contribution in [2.75, 3.05) is 0 Å². The first-order chi connectivity index (χ1) is 4.52. The van der Waals surface area contributed by atoms with Gasteiger partial charge in [-0.05, 0) is 32.4 Å². The zero-order chi connectivity index (χ0) is 7.78. The lowest BCUT2D eigenvalue weighted by atomic mass is 10.0. The van der Waals surface area contributed by atoms with Gasteiger partial charge in [0, 0.05) is 0 Å². The fraction of sp³-hybridized carbons (Fsp3) is 0.500. The molecule has 0 radical (unpaired) electrons. The van der Waals surface area contributed by atoms with E-state index in [4.69, 9.17) is 10.2 Å². The molecule has 2 N–H and O–H groups in total. The van der Waals surface area contributed by atoms with E-state index in [-0.39, 0.29) is 5.54 Å². The second-order valence-electron chi connectivity index (χ2n) is 3.15. The van der Waals surface area contributed by atoms with E-state index in [0.29, 0.717) is 0 Å². The van der Waals surface area contributed by atoms with Crippen LogP contribution in [0, 0.1) is 6.92 Å². The molecule has 56 valence electrons. The maximum absolute atomic E-state index is 5.81. The van der Waals surface area contributed by atoms with Crippen molar-refractivity contribution in [1.29, 1.82) is 0 Å². The molecule has 2 heteroatoms. The number of aryl methyl sites for hydroxylation is 1. The Bertz CT molecular complexity index is 219. The van der Waals surface area contributed by atoms with E-state index >= 15 is 0 Å². The average Bonchev–Trinajstić information content (AvgIpc) is 2.11. The molecule has 0 aliphatic carbocycles. The monoisotopic (exact) mass is 139 g/mol. The van der Waals surface area contributed by atoms with Gasteiger partial charge in [-0.15, -0.1) is 0 Å². The molecule has 0 saturated carbocycles. The van der Waals surface area contributed by atoms with Gasteiger partial charge in [0.15, 0.2) is 0 Å². The van der Waals surface area contributed by atoms with E-state index in [2.05, 4.69) is 0 Å². The van der Waals surface area contributed by atoms with E-state index in [1.54, 1.807) is 6.26 Å². The molecular weight excluding hydrogens is 126 g/mol. The van der Waals surface area contributed by atoms with E-state index in [9.17, 15) is 0 Å². The molecule has 0 aliphatic heterocycles. The second kappa shape index (κ2) is 2.13. The van der Waals surface area contributed by atoms with Crippen LogP contribution in [0.15, 0.2) is 16.7 Å². The lowest BCUT2D eigenvalue weighted by Crippen LogP contribution is -2.28. The first-order valence-electron chi connectivity index (χ1n) is 3.35. The van der Waals surface area contributed by atoms with Crippen molar-refractivity contribution in [1.82, 2.24) is 0 Å². The predicted molar refractivity (Wildman–Crippen MR) is 40.7 cm³/mol. The molecule has 2 nitrogen and oxygen atoms in total. The SMILES string of the molecule is Cc1ccoc1C(C)(C)N. The molecule has 1 heterocycles. The molecule has 0 atom stereocenters. The van der Waals surface area contributed by atoms with Crippen LogP contribution in [0.4, 0.5) is 0 Å². The van der Waals surface area contributed by atoms with E-state index in [1.165, 1.54) is 0 Å². The number of nitrogens with two attached hydrogens (primary N) is 1. The zero-order valence-electron chi connectivity index (χ0n) is 6.64. The fourth-order valence-electron chi connectivity index (χ4n) is 1.03. The van der Waals surface area contributed by atoms with Crippen molar-refractivity contribution in [3.05, 3.63) is 23.7 Å². The Morgan fingerprint density at radius 3 is 2.30 bits per heavy atom. The van der Waals surface area contributed by atoms with Gasteiger partial charge in [-0.1, -0.05) is 0 Å². The molecular formula is C8H13NO. The summed E-state index contributed by atoms with van der Waals surface area (Å²) in [5, 5.41) is 0. The smallest absolute Gasteiger partial charge is 0.125 e. The summed E-state index contributed by atoms with van der Waals surface area (Å²) in [5.41, 5.74) is 6.57. The summed E-state index contributed by atoms with van der Waals surface area (Å²) >= 11 is 0. The van der Waals surface area contributed by atoms with Crippen molar-refractivity contribution < 1.29 is 4.42 Å². The third-order valence-corrected chi connectivity index (χ3v) is 1.45. The Labute approximate surface area is 61.0 Å². The molecule has 10 heavy (non-hydrogen) atoms. The Kier molecular flexibility index (Phi) is 1.57. The highest BCUT2D eigenvalue weighted by molar-refractivity contribution is 5.20. The van der Waals surface area contributed by atoms with Gasteiger partial charge in [0.05, 0.1) is 11.8 Å². The van der Waals surface area contributed by atoms with Crippen LogP contribution < -0.4 is 5.73 Å². The Hall–Kier alpha value is -0.760. The lowest BCUT2D eigenvalue weighted by molar-refractivity contribution is 0.392. The van der Waals surface area contributed by atoms with Crippen molar-refractivity contribution in [2.24, 2.45) is 5.73 Å². The molecule has 1 aromatic heterocycles. The summed E-state index contributed by atoms with van der Waals surface area (Å²) < 4.78 is 5.20. The van der Waals surface area contributed by atoms with Crippen molar-refractivity contribution >= 4 is 0 Å². The maximum atomic E-state index is 5.81. The normalized spacial score (nSPS) is 12.0. The number of rotatable bonds is 1. The standard InChI is InChI=1S/C8H13NO/c1-6-4-5-10-7(6)8(2,3)9/h4-5H,9H2,1-3H3. The van der Waals surface area contributed by atoms with Crippen molar-refractivity contribution in [2.45, 2.75) is 26.3 Å². The third kappa shape index (κ3) is 1.21. The molecule has 0 amide bonds. The summed E-state index contributed by atoms with van der Waals surface area (Å²) in [6, 6.07) is 1.92. The lowest BCUT2D eigenvalue weighted by Gasteiger charge is -2.15. The molecule has 0 bridgehead atoms. The highest BCUT2D eigenvalue weighted by Crippen LogP contribution is 2.20. The molecule has 0 aromatic carbocycles. The summed E-state index contributed by atoms with van der Waals surface area (Å²) in [5.74, 6) is 0.868. The molecule has 0 saturated heterocycles. The van der Waals surface area contributed by atoms with E-state index in [1.807, 2.05) is 26.8 Å². The van der Waals surface area contributed by atoms with Crippen LogP contribution in [0.2, 0.25) is 0 Å². The largest absolute Gasteiger partial charge is 0.467 e. The van der Waals surface area contributed by atoms with Crippen LogP contribution in [-0.4, -0.2) is 0 Å². The van der Waals surface area contributed by atoms with Crippen LogP contribution in [0.3, 0.4) is 0 Å². The molecule has 1 aromatic rings. The predicted octanol–water partition coefficient (Wildman–Crippen LogP) is 1.78. The zero-order valence-corrected chi connectivity index (χ0v) is 6.64. The van der Waals surface area contributed by atoms with Crippen molar-refractivity contribution in [3.63, 3.8) is 0 Å². The Morgan fingerprint density at radius 2 is 2.10 bits per heavy atom. The third-order valence-electron chi connectivity index (χ3n) is 1.45. The molecule has 0 aliphatic rings. The van der Waals surface area contributed by atoms with Crippen LogP contribution >= 0.6 is 0 Å². The summed E-state index contributed by atoms with van der Waals surface area (Å²) in [6.45, 7) is 5.85. The number of hydrogen-bond acceptors (Lipinski definition) is 2. The van der Waals surface area contributed by atoms with Gasteiger partial charge in [-0.25, -0.2) is 0 Å². The molecule has 1 rings (SSSR count). The minimum absolute atomic E-state index is 0.354.